The number of imide groups is 1. The number of hydrogen-bond acceptors (Lipinski definition) is 3. The number of quaternary nitrogens is 1. The minimum atomic E-state index is -4.39. The van der Waals surface area contributed by atoms with Crippen LogP contribution >= 0.6 is 0 Å². The zero-order valence-electron chi connectivity index (χ0n) is 16.8. The Hall–Kier alpha value is -3.07. The van der Waals surface area contributed by atoms with Gasteiger partial charge in [0.1, 0.15) is 17.8 Å². The van der Waals surface area contributed by atoms with Gasteiger partial charge in [0.25, 0.3) is 5.91 Å². The molecule has 0 aromatic heterocycles. The van der Waals surface area contributed by atoms with Gasteiger partial charge in [0.15, 0.2) is 6.67 Å². The number of nitrogens with one attached hydrogen (secondary N) is 2. The van der Waals surface area contributed by atoms with E-state index in [-0.39, 0.29) is 6.67 Å². The van der Waals surface area contributed by atoms with Crippen LogP contribution in [0.5, 0.6) is 5.75 Å². The Labute approximate surface area is 172 Å². The van der Waals surface area contributed by atoms with Crippen molar-refractivity contribution in [1.82, 2.24) is 10.2 Å². The van der Waals surface area contributed by atoms with E-state index in [0.717, 1.165) is 21.9 Å². The van der Waals surface area contributed by atoms with E-state index in [1.54, 1.807) is 38.2 Å². The van der Waals surface area contributed by atoms with Crippen LogP contribution in [-0.4, -0.2) is 37.7 Å². The summed E-state index contributed by atoms with van der Waals surface area (Å²) in [6.07, 6.45) is -4.39. The standard InChI is InChI=1S/C21H22F3N3O3/c1-20(16-5-4-6-17(11-16)30-3)18(28)27(19(29)25-20)13-26(2)12-14-7-9-15(10-8-14)21(22,23)24/h4-11H,12-13H2,1-3H3,(H,25,29)/p+1/t20-/m0/s1. The number of halogens is 3. The maximum atomic E-state index is 13.0. The van der Waals surface area contributed by atoms with Gasteiger partial charge in [-0.05, 0) is 36.8 Å². The highest BCUT2D eigenvalue weighted by molar-refractivity contribution is 6.07. The van der Waals surface area contributed by atoms with Crippen molar-refractivity contribution in [2.45, 2.75) is 25.2 Å². The maximum absolute atomic E-state index is 13.0. The molecule has 0 radical (unpaired) electrons. The van der Waals surface area contributed by atoms with Crippen LogP contribution in [0.1, 0.15) is 23.6 Å². The normalized spacial score (nSPS) is 20.3. The van der Waals surface area contributed by atoms with Crippen LogP contribution in [0.3, 0.4) is 0 Å². The lowest BCUT2D eigenvalue weighted by atomic mass is 9.92. The molecule has 30 heavy (non-hydrogen) atoms. The van der Waals surface area contributed by atoms with E-state index in [4.69, 9.17) is 4.74 Å². The highest BCUT2D eigenvalue weighted by Gasteiger charge is 2.50. The molecule has 0 bridgehead atoms. The van der Waals surface area contributed by atoms with Gasteiger partial charge in [-0.25, -0.2) is 9.69 Å². The number of carbonyl (C=O) groups is 2. The van der Waals surface area contributed by atoms with E-state index in [0.29, 0.717) is 23.4 Å². The van der Waals surface area contributed by atoms with Crippen LogP contribution < -0.4 is 15.0 Å². The lowest BCUT2D eigenvalue weighted by molar-refractivity contribution is -0.901. The summed E-state index contributed by atoms with van der Waals surface area (Å²) in [5.74, 6) is 0.173. The molecular formula is C21H23F3N3O3+. The number of carbonyl (C=O) groups excluding carboxylic acids is 2. The van der Waals surface area contributed by atoms with Crippen molar-refractivity contribution in [3.8, 4) is 5.75 Å². The summed E-state index contributed by atoms with van der Waals surface area (Å²) in [4.78, 5) is 27.4. The molecule has 0 spiro atoms. The summed E-state index contributed by atoms with van der Waals surface area (Å²) >= 11 is 0. The molecule has 0 aliphatic carbocycles. The summed E-state index contributed by atoms with van der Waals surface area (Å²) in [6.45, 7) is 2.06. The fraction of sp³-hybridized carbons (Fsp3) is 0.333. The van der Waals surface area contributed by atoms with Gasteiger partial charge in [0.2, 0.25) is 0 Å². The van der Waals surface area contributed by atoms with Crippen molar-refractivity contribution < 1.29 is 32.4 Å². The first-order valence-corrected chi connectivity index (χ1v) is 9.30. The van der Waals surface area contributed by atoms with E-state index in [1.165, 1.54) is 19.2 Å². The quantitative estimate of drug-likeness (QED) is 0.702. The maximum Gasteiger partial charge on any atom is 0.416 e. The third-order valence-corrected chi connectivity index (χ3v) is 5.14. The molecule has 1 aliphatic heterocycles. The Morgan fingerprint density at radius 1 is 1.13 bits per heavy atom. The smallest absolute Gasteiger partial charge is 0.416 e. The van der Waals surface area contributed by atoms with Gasteiger partial charge >= 0.3 is 12.2 Å². The number of rotatable bonds is 6. The highest BCUT2D eigenvalue weighted by atomic mass is 19.4. The molecule has 2 N–H and O–H groups in total. The number of methoxy groups -OCH3 is 1. The molecular weight excluding hydrogens is 399 g/mol. The minimum Gasteiger partial charge on any atom is -0.497 e. The van der Waals surface area contributed by atoms with E-state index in [2.05, 4.69) is 5.32 Å². The monoisotopic (exact) mass is 422 g/mol. The molecule has 1 aliphatic rings. The SMILES string of the molecule is COc1cccc([C@]2(C)NC(=O)N(C[NH+](C)Cc3ccc(C(F)(F)F)cc3)C2=O)c1. The molecule has 9 heteroatoms. The lowest BCUT2D eigenvalue weighted by Crippen LogP contribution is -3.09. The van der Waals surface area contributed by atoms with Gasteiger partial charge in [-0.3, -0.25) is 4.79 Å². The van der Waals surface area contributed by atoms with Crippen molar-refractivity contribution >= 4 is 11.9 Å². The van der Waals surface area contributed by atoms with Crippen LogP contribution in [0.15, 0.2) is 48.5 Å². The molecule has 0 saturated carbocycles. The highest BCUT2D eigenvalue weighted by Crippen LogP contribution is 2.31. The molecule has 3 amide bonds. The number of alkyl halides is 3. The first kappa shape index (κ1) is 21.6. The molecule has 1 fully saturated rings. The number of amides is 3. The molecule has 160 valence electrons. The molecule has 2 aromatic carbocycles. The summed E-state index contributed by atoms with van der Waals surface area (Å²) in [5, 5.41) is 2.73. The van der Waals surface area contributed by atoms with Gasteiger partial charge in [-0.1, -0.05) is 24.3 Å². The number of nitrogens with zero attached hydrogens (tertiary/aromatic N) is 1. The van der Waals surface area contributed by atoms with Gasteiger partial charge in [-0.15, -0.1) is 0 Å². The number of benzene rings is 2. The van der Waals surface area contributed by atoms with Crippen molar-refractivity contribution in [3.05, 3.63) is 65.2 Å². The summed E-state index contributed by atoms with van der Waals surface area (Å²) < 4.78 is 43.3. The average Bonchev–Trinajstić information content (AvgIpc) is 2.92. The van der Waals surface area contributed by atoms with Gasteiger partial charge in [0, 0.05) is 5.56 Å². The number of ether oxygens (including phenoxy) is 1. The summed E-state index contributed by atoms with van der Waals surface area (Å²) in [6, 6.07) is 11.3. The molecule has 1 saturated heterocycles. The van der Waals surface area contributed by atoms with E-state index in [9.17, 15) is 22.8 Å². The number of urea groups is 1. The molecule has 2 atom stereocenters. The number of hydrogen-bond donors (Lipinski definition) is 2. The molecule has 2 aromatic rings. The predicted molar refractivity (Wildman–Crippen MR) is 103 cm³/mol. The van der Waals surface area contributed by atoms with Crippen LogP contribution in [0.2, 0.25) is 0 Å². The summed E-state index contributed by atoms with van der Waals surface area (Å²) in [7, 11) is 3.28. The second-order valence-electron chi connectivity index (χ2n) is 7.51. The van der Waals surface area contributed by atoms with Crippen LogP contribution in [-0.2, 0) is 23.1 Å². The molecule has 1 unspecified atom stereocenters. The first-order valence-electron chi connectivity index (χ1n) is 9.30. The van der Waals surface area contributed by atoms with Gasteiger partial charge < -0.3 is 15.0 Å². The van der Waals surface area contributed by atoms with E-state index >= 15 is 0 Å². The summed E-state index contributed by atoms with van der Waals surface area (Å²) in [5.41, 5.74) is -0.668. The molecule has 3 rings (SSSR count). The first-order chi connectivity index (χ1) is 14.0. The minimum absolute atomic E-state index is 0.0747. The molecule has 6 nitrogen and oxygen atoms in total. The zero-order chi connectivity index (χ0) is 22.1. The topological polar surface area (TPSA) is 63.1 Å². The van der Waals surface area contributed by atoms with Gasteiger partial charge in [0.05, 0.1) is 19.7 Å². The third kappa shape index (κ3) is 4.25. The second kappa shape index (κ2) is 7.98. The lowest BCUT2D eigenvalue weighted by Gasteiger charge is -2.23. The predicted octanol–water partition coefficient (Wildman–Crippen LogP) is 2.15. The van der Waals surface area contributed by atoms with E-state index < -0.39 is 29.2 Å². The van der Waals surface area contributed by atoms with Crippen molar-refractivity contribution in [1.29, 1.82) is 0 Å². The van der Waals surface area contributed by atoms with Crippen LogP contribution in [0.4, 0.5) is 18.0 Å². The van der Waals surface area contributed by atoms with E-state index in [1.807, 2.05) is 0 Å². The van der Waals surface area contributed by atoms with Crippen molar-refractivity contribution in [2.75, 3.05) is 20.8 Å². The third-order valence-electron chi connectivity index (χ3n) is 5.14. The molecule has 1 heterocycles. The Bertz CT molecular complexity index is 947. The van der Waals surface area contributed by atoms with Crippen molar-refractivity contribution in [2.24, 2.45) is 0 Å². The Balaban J connectivity index is 1.70. The Morgan fingerprint density at radius 3 is 2.40 bits per heavy atom. The second-order valence-corrected chi connectivity index (χ2v) is 7.51. The van der Waals surface area contributed by atoms with Crippen LogP contribution in [0, 0.1) is 0 Å². The van der Waals surface area contributed by atoms with Gasteiger partial charge in [-0.2, -0.15) is 13.2 Å². The van der Waals surface area contributed by atoms with Crippen molar-refractivity contribution in [3.63, 3.8) is 0 Å². The Kier molecular flexibility index (Phi) is 5.76. The Morgan fingerprint density at radius 2 is 1.80 bits per heavy atom. The average molecular weight is 422 g/mol. The fourth-order valence-electron chi connectivity index (χ4n) is 3.46. The fourth-order valence-corrected chi connectivity index (χ4v) is 3.46. The van der Waals surface area contributed by atoms with Crippen LogP contribution in [0.25, 0.3) is 0 Å². The largest absolute Gasteiger partial charge is 0.497 e. The zero-order valence-corrected chi connectivity index (χ0v) is 16.8.